The van der Waals surface area contributed by atoms with Crippen molar-refractivity contribution in [3.8, 4) is 78.7 Å². The molecule has 0 bridgehead atoms. The lowest BCUT2D eigenvalue weighted by atomic mass is 9.80. The van der Waals surface area contributed by atoms with Crippen LogP contribution in [0.15, 0.2) is 192 Å². The molecule has 0 amide bonds. The second-order valence-electron chi connectivity index (χ2n) is 15.6. The first kappa shape index (κ1) is 33.9. The van der Waals surface area contributed by atoms with Gasteiger partial charge in [0, 0.05) is 32.9 Å². The standard InChI is InChI=1S/C54H37N3O/c1-54(2)46-27-10-9-23-42(46)43-25-13-26-45(50(43)54)53-56-51(35-17-7-4-8-18-35)55-52(57-53)40-22-12-21-38(32-40)36-19-11-20-37(31-36)39-29-30-44-48(33-39)58-47-28-14-24-41(49(44)47)34-15-5-3-6-16-34/h3-33H,1-2H3. The zero-order valence-corrected chi connectivity index (χ0v) is 32.1. The van der Waals surface area contributed by atoms with E-state index in [4.69, 9.17) is 19.4 Å². The molecule has 58 heavy (non-hydrogen) atoms. The molecular weight excluding hydrogens is 707 g/mol. The lowest BCUT2D eigenvalue weighted by molar-refractivity contribution is 0.661. The minimum absolute atomic E-state index is 0.215. The molecular formula is C54H37N3O. The number of rotatable bonds is 6. The van der Waals surface area contributed by atoms with Gasteiger partial charge >= 0.3 is 0 Å². The summed E-state index contributed by atoms with van der Waals surface area (Å²) in [6.07, 6.45) is 0. The summed E-state index contributed by atoms with van der Waals surface area (Å²) in [6.45, 7) is 4.60. The third-order valence-corrected chi connectivity index (χ3v) is 11.7. The fourth-order valence-corrected chi connectivity index (χ4v) is 8.96. The molecule has 4 nitrogen and oxygen atoms in total. The van der Waals surface area contributed by atoms with E-state index in [9.17, 15) is 0 Å². The Labute approximate surface area is 337 Å². The summed E-state index contributed by atoms with van der Waals surface area (Å²) in [5.41, 5.74) is 16.3. The van der Waals surface area contributed by atoms with Crippen LogP contribution in [0.1, 0.15) is 25.0 Å². The van der Waals surface area contributed by atoms with Gasteiger partial charge < -0.3 is 4.42 Å². The molecule has 0 radical (unpaired) electrons. The van der Waals surface area contributed by atoms with E-state index >= 15 is 0 Å². The third kappa shape index (κ3) is 5.56. The van der Waals surface area contributed by atoms with Crippen molar-refractivity contribution >= 4 is 21.9 Å². The summed E-state index contributed by atoms with van der Waals surface area (Å²) in [5.74, 6) is 1.96. The van der Waals surface area contributed by atoms with E-state index in [1.165, 1.54) is 33.4 Å². The van der Waals surface area contributed by atoms with Crippen molar-refractivity contribution < 1.29 is 4.42 Å². The third-order valence-electron chi connectivity index (χ3n) is 11.7. The first-order valence-corrected chi connectivity index (χ1v) is 19.8. The van der Waals surface area contributed by atoms with Gasteiger partial charge in [-0.15, -0.1) is 0 Å². The number of benzene rings is 8. The second kappa shape index (κ2) is 13.4. The Morgan fingerprint density at radius 1 is 0.362 bits per heavy atom. The summed E-state index contributed by atoms with van der Waals surface area (Å²) in [4.78, 5) is 15.5. The van der Waals surface area contributed by atoms with Gasteiger partial charge in [-0.1, -0.05) is 172 Å². The van der Waals surface area contributed by atoms with Crippen LogP contribution in [-0.4, -0.2) is 15.0 Å². The van der Waals surface area contributed by atoms with Gasteiger partial charge in [0.05, 0.1) is 0 Å². The molecule has 1 aliphatic carbocycles. The average molecular weight is 744 g/mol. The summed E-state index contributed by atoms with van der Waals surface area (Å²) >= 11 is 0. The number of nitrogens with zero attached hydrogens (tertiary/aromatic N) is 3. The van der Waals surface area contributed by atoms with Gasteiger partial charge in [-0.25, -0.2) is 15.0 Å². The normalized spacial score (nSPS) is 12.8. The predicted octanol–water partition coefficient (Wildman–Crippen LogP) is 14.1. The smallest absolute Gasteiger partial charge is 0.164 e. The molecule has 4 heteroatoms. The van der Waals surface area contributed by atoms with E-state index in [-0.39, 0.29) is 5.41 Å². The molecule has 2 aromatic heterocycles. The van der Waals surface area contributed by atoms with Crippen LogP contribution in [0, 0.1) is 0 Å². The van der Waals surface area contributed by atoms with Crippen molar-refractivity contribution in [1.29, 1.82) is 0 Å². The van der Waals surface area contributed by atoms with Crippen LogP contribution >= 0.6 is 0 Å². The Morgan fingerprint density at radius 2 is 0.879 bits per heavy atom. The van der Waals surface area contributed by atoms with Crippen LogP contribution in [0.4, 0.5) is 0 Å². The lowest BCUT2D eigenvalue weighted by Crippen LogP contribution is -2.17. The Kier molecular flexibility index (Phi) is 7.80. The van der Waals surface area contributed by atoms with Gasteiger partial charge in [0.1, 0.15) is 11.2 Å². The summed E-state index contributed by atoms with van der Waals surface area (Å²) < 4.78 is 6.47. The molecule has 11 rings (SSSR count). The average Bonchev–Trinajstić information content (AvgIpc) is 3.78. The van der Waals surface area contributed by atoms with Gasteiger partial charge in [0.15, 0.2) is 17.5 Å². The monoisotopic (exact) mass is 743 g/mol. The van der Waals surface area contributed by atoms with E-state index in [1.807, 2.05) is 18.2 Å². The Bertz CT molecular complexity index is 3200. The molecule has 0 unspecified atom stereocenters. The first-order chi connectivity index (χ1) is 28.5. The van der Waals surface area contributed by atoms with Crippen LogP contribution in [-0.2, 0) is 5.41 Å². The van der Waals surface area contributed by atoms with E-state index in [1.54, 1.807) is 0 Å². The van der Waals surface area contributed by atoms with Crippen molar-refractivity contribution in [2.45, 2.75) is 19.3 Å². The molecule has 0 atom stereocenters. The van der Waals surface area contributed by atoms with Crippen molar-refractivity contribution in [3.63, 3.8) is 0 Å². The Hall–Kier alpha value is -7.43. The number of hydrogen-bond donors (Lipinski definition) is 0. The van der Waals surface area contributed by atoms with Crippen molar-refractivity contribution in [1.82, 2.24) is 15.0 Å². The number of fused-ring (bicyclic) bond motifs is 6. The summed E-state index contributed by atoms with van der Waals surface area (Å²) in [6, 6.07) is 66.0. The fraction of sp³-hybridized carbons (Fsp3) is 0.0556. The van der Waals surface area contributed by atoms with Crippen molar-refractivity contribution in [2.75, 3.05) is 0 Å². The highest BCUT2D eigenvalue weighted by Crippen LogP contribution is 2.51. The molecule has 274 valence electrons. The summed E-state index contributed by atoms with van der Waals surface area (Å²) in [5, 5.41) is 2.25. The quantitative estimate of drug-likeness (QED) is 0.170. The Balaban J connectivity index is 0.992. The second-order valence-corrected chi connectivity index (χ2v) is 15.6. The van der Waals surface area contributed by atoms with Crippen LogP contribution in [0.3, 0.4) is 0 Å². The topological polar surface area (TPSA) is 51.8 Å². The van der Waals surface area contributed by atoms with E-state index in [2.05, 4.69) is 184 Å². The van der Waals surface area contributed by atoms with Gasteiger partial charge in [-0.3, -0.25) is 0 Å². The SMILES string of the molecule is CC1(C)c2ccccc2-c2cccc(-c3nc(-c4ccccc4)nc(-c4cccc(-c5cccc(-c6ccc7c(c6)oc6cccc(-c8ccccc8)c67)c5)c4)n3)c21. The first-order valence-electron chi connectivity index (χ1n) is 19.8. The van der Waals surface area contributed by atoms with Gasteiger partial charge in [0.2, 0.25) is 0 Å². The minimum atomic E-state index is -0.215. The minimum Gasteiger partial charge on any atom is -0.456 e. The van der Waals surface area contributed by atoms with Crippen LogP contribution in [0.2, 0.25) is 0 Å². The maximum atomic E-state index is 6.47. The van der Waals surface area contributed by atoms with Crippen molar-refractivity contribution in [2.24, 2.45) is 0 Å². The highest BCUT2D eigenvalue weighted by molar-refractivity contribution is 6.13. The molecule has 0 aliphatic heterocycles. The van der Waals surface area contributed by atoms with Gasteiger partial charge in [-0.2, -0.15) is 0 Å². The van der Waals surface area contributed by atoms with Crippen LogP contribution in [0.5, 0.6) is 0 Å². The van der Waals surface area contributed by atoms with Crippen molar-refractivity contribution in [3.05, 3.63) is 199 Å². The highest BCUT2D eigenvalue weighted by atomic mass is 16.3. The fourth-order valence-electron chi connectivity index (χ4n) is 8.96. The van der Waals surface area contributed by atoms with E-state index < -0.39 is 0 Å². The summed E-state index contributed by atoms with van der Waals surface area (Å²) in [7, 11) is 0. The highest BCUT2D eigenvalue weighted by Gasteiger charge is 2.38. The molecule has 2 heterocycles. The maximum Gasteiger partial charge on any atom is 0.164 e. The molecule has 0 saturated heterocycles. The zero-order valence-electron chi connectivity index (χ0n) is 32.1. The molecule has 10 aromatic rings. The molecule has 8 aromatic carbocycles. The maximum absolute atomic E-state index is 6.47. The zero-order chi connectivity index (χ0) is 38.8. The van der Waals surface area contributed by atoms with Crippen LogP contribution < -0.4 is 0 Å². The number of aromatic nitrogens is 3. The number of furan rings is 1. The molecule has 0 spiro atoms. The van der Waals surface area contributed by atoms with Gasteiger partial charge in [0.25, 0.3) is 0 Å². The van der Waals surface area contributed by atoms with E-state index in [0.717, 1.165) is 60.9 Å². The largest absolute Gasteiger partial charge is 0.456 e. The molecule has 0 N–H and O–H groups in total. The predicted molar refractivity (Wildman–Crippen MR) is 237 cm³/mol. The van der Waals surface area contributed by atoms with Crippen LogP contribution in [0.25, 0.3) is 101 Å². The molecule has 1 aliphatic rings. The van der Waals surface area contributed by atoms with E-state index in [0.29, 0.717) is 17.5 Å². The number of hydrogen-bond acceptors (Lipinski definition) is 4. The molecule has 0 fully saturated rings. The lowest BCUT2D eigenvalue weighted by Gasteiger charge is -2.24. The molecule has 0 saturated carbocycles. The van der Waals surface area contributed by atoms with Gasteiger partial charge in [-0.05, 0) is 86.0 Å². The Morgan fingerprint density at radius 3 is 1.64 bits per heavy atom.